The van der Waals surface area contributed by atoms with Crippen LogP contribution in [0.5, 0.6) is 0 Å². The highest BCUT2D eigenvalue weighted by Gasteiger charge is 2.27. The van der Waals surface area contributed by atoms with Crippen LogP contribution < -0.4 is 0 Å². The third kappa shape index (κ3) is 4.33. The molecule has 2 heterocycles. The lowest BCUT2D eigenvalue weighted by atomic mass is 9.95. The van der Waals surface area contributed by atoms with Crippen molar-refractivity contribution in [3.05, 3.63) is 70.0 Å². The van der Waals surface area contributed by atoms with E-state index in [2.05, 4.69) is 33.0 Å². The molecule has 0 aliphatic carbocycles. The van der Waals surface area contributed by atoms with Gasteiger partial charge in [-0.1, -0.05) is 50.9 Å². The van der Waals surface area contributed by atoms with E-state index in [4.69, 9.17) is 4.52 Å². The Hall–Kier alpha value is -2.47. The van der Waals surface area contributed by atoms with E-state index >= 15 is 0 Å². The SMILES string of the molecule is Cc1ccc(-c2nc(C3CCN(C(=O)Cc4ccc(Br)cc4)CC3)no2)cc1. The molecule has 1 aliphatic heterocycles. The van der Waals surface area contributed by atoms with Crippen molar-refractivity contribution in [2.24, 2.45) is 0 Å². The predicted molar refractivity (Wildman–Crippen MR) is 111 cm³/mol. The largest absolute Gasteiger partial charge is 0.342 e. The quantitative estimate of drug-likeness (QED) is 0.587. The van der Waals surface area contributed by atoms with Crippen LogP contribution in [0.2, 0.25) is 0 Å². The summed E-state index contributed by atoms with van der Waals surface area (Å²) < 4.78 is 6.48. The smallest absolute Gasteiger partial charge is 0.257 e. The highest BCUT2D eigenvalue weighted by Crippen LogP contribution is 2.28. The van der Waals surface area contributed by atoms with Crippen molar-refractivity contribution in [2.45, 2.75) is 32.1 Å². The van der Waals surface area contributed by atoms with E-state index in [1.54, 1.807) is 0 Å². The number of rotatable bonds is 4. The van der Waals surface area contributed by atoms with E-state index in [0.29, 0.717) is 12.3 Å². The maximum absolute atomic E-state index is 12.6. The molecule has 1 saturated heterocycles. The number of likely N-dealkylation sites (tertiary alicyclic amines) is 1. The van der Waals surface area contributed by atoms with Gasteiger partial charge >= 0.3 is 0 Å². The Balaban J connectivity index is 1.34. The molecule has 3 aromatic rings. The fraction of sp³-hybridized carbons (Fsp3) is 0.318. The molecular weight excluding hydrogens is 418 g/mol. The number of aromatic nitrogens is 2. The summed E-state index contributed by atoms with van der Waals surface area (Å²) in [5.74, 6) is 1.72. The molecule has 0 bridgehead atoms. The molecule has 1 aliphatic rings. The van der Waals surface area contributed by atoms with Crippen molar-refractivity contribution in [1.29, 1.82) is 0 Å². The van der Waals surface area contributed by atoms with E-state index < -0.39 is 0 Å². The van der Waals surface area contributed by atoms with Gasteiger partial charge in [0.15, 0.2) is 5.82 Å². The molecule has 0 atom stereocenters. The second-order valence-corrected chi connectivity index (χ2v) is 8.20. The van der Waals surface area contributed by atoms with E-state index in [-0.39, 0.29) is 11.8 Å². The third-order valence-corrected chi connectivity index (χ3v) is 5.75. The van der Waals surface area contributed by atoms with E-state index in [9.17, 15) is 4.79 Å². The highest BCUT2D eigenvalue weighted by atomic mass is 79.9. The minimum atomic E-state index is 0.175. The Morgan fingerprint density at radius 3 is 2.46 bits per heavy atom. The fourth-order valence-corrected chi connectivity index (χ4v) is 3.75. The maximum Gasteiger partial charge on any atom is 0.257 e. The summed E-state index contributed by atoms with van der Waals surface area (Å²) in [4.78, 5) is 19.1. The van der Waals surface area contributed by atoms with E-state index in [1.807, 2.05) is 53.4 Å². The summed E-state index contributed by atoms with van der Waals surface area (Å²) in [6.45, 7) is 3.51. The lowest BCUT2D eigenvalue weighted by Gasteiger charge is -2.30. The van der Waals surface area contributed by atoms with Crippen molar-refractivity contribution in [2.75, 3.05) is 13.1 Å². The van der Waals surface area contributed by atoms with Crippen LogP contribution in [0.25, 0.3) is 11.5 Å². The van der Waals surface area contributed by atoms with Gasteiger partial charge in [-0.2, -0.15) is 4.98 Å². The lowest BCUT2D eigenvalue weighted by molar-refractivity contribution is -0.131. The van der Waals surface area contributed by atoms with Crippen molar-refractivity contribution in [3.63, 3.8) is 0 Å². The molecular formula is C22H22BrN3O2. The van der Waals surface area contributed by atoms with Crippen LogP contribution in [-0.2, 0) is 11.2 Å². The molecule has 1 amide bonds. The lowest BCUT2D eigenvalue weighted by Crippen LogP contribution is -2.39. The van der Waals surface area contributed by atoms with Crippen LogP contribution >= 0.6 is 15.9 Å². The number of carbonyl (C=O) groups is 1. The standard InChI is InChI=1S/C22H22BrN3O2/c1-15-2-6-18(7-3-15)22-24-21(25-28-22)17-10-12-26(13-11-17)20(27)14-16-4-8-19(23)9-5-16/h2-9,17H,10-14H2,1H3. The molecule has 0 unspecified atom stereocenters. The molecule has 5 nitrogen and oxygen atoms in total. The van der Waals surface area contributed by atoms with Gasteiger partial charge in [-0.3, -0.25) is 4.79 Å². The second-order valence-electron chi connectivity index (χ2n) is 7.28. The number of piperidine rings is 1. The molecule has 6 heteroatoms. The number of hydrogen-bond donors (Lipinski definition) is 0. The average molecular weight is 440 g/mol. The average Bonchev–Trinajstić information content (AvgIpc) is 3.20. The monoisotopic (exact) mass is 439 g/mol. The number of hydrogen-bond acceptors (Lipinski definition) is 4. The molecule has 1 aromatic heterocycles. The summed E-state index contributed by atoms with van der Waals surface area (Å²) in [6.07, 6.45) is 2.16. The Labute approximate surface area is 172 Å². The first-order valence-corrected chi connectivity index (χ1v) is 10.3. The van der Waals surface area contributed by atoms with Crippen LogP contribution in [0.1, 0.15) is 35.7 Å². The van der Waals surface area contributed by atoms with Crippen LogP contribution in [0.15, 0.2) is 57.5 Å². The van der Waals surface area contributed by atoms with Crippen molar-refractivity contribution in [3.8, 4) is 11.5 Å². The molecule has 0 spiro atoms. The van der Waals surface area contributed by atoms with Gasteiger partial charge in [0, 0.05) is 29.0 Å². The summed E-state index contributed by atoms with van der Waals surface area (Å²) >= 11 is 3.42. The number of benzene rings is 2. The molecule has 0 N–H and O–H groups in total. The van der Waals surface area contributed by atoms with E-state index in [0.717, 1.165) is 47.4 Å². The molecule has 0 saturated carbocycles. The van der Waals surface area contributed by atoms with Gasteiger partial charge < -0.3 is 9.42 Å². The minimum absolute atomic E-state index is 0.175. The zero-order valence-electron chi connectivity index (χ0n) is 15.8. The van der Waals surface area contributed by atoms with Gasteiger partial charge in [0.05, 0.1) is 6.42 Å². The number of halogens is 1. The van der Waals surface area contributed by atoms with Gasteiger partial charge in [-0.25, -0.2) is 0 Å². The van der Waals surface area contributed by atoms with Crippen LogP contribution in [-0.4, -0.2) is 34.0 Å². The first-order chi connectivity index (χ1) is 13.6. The number of nitrogens with zero attached hydrogens (tertiary/aromatic N) is 3. The third-order valence-electron chi connectivity index (χ3n) is 5.22. The highest BCUT2D eigenvalue weighted by molar-refractivity contribution is 9.10. The first kappa shape index (κ1) is 18.9. The second kappa shape index (κ2) is 8.27. The molecule has 144 valence electrons. The van der Waals surface area contributed by atoms with Crippen LogP contribution in [0, 0.1) is 6.92 Å². The molecule has 4 rings (SSSR count). The summed E-state index contributed by atoms with van der Waals surface area (Å²) in [7, 11) is 0. The fourth-order valence-electron chi connectivity index (χ4n) is 3.49. The number of aryl methyl sites for hydroxylation is 1. The summed E-state index contributed by atoms with van der Waals surface area (Å²) in [5, 5.41) is 4.19. The zero-order chi connectivity index (χ0) is 19.5. The Kier molecular flexibility index (Phi) is 5.57. The van der Waals surface area contributed by atoms with Crippen molar-refractivity contribution < 1.29 is 9.32 Å². The van der Waals surface area contributed by atoms with Crippen molar-refractivity contribution >= 4 is 21.8 Å². The molecule has 2 aromatic carbocycles. The molecule has 28 heavy (non-hydrogen) atoms. The normalized spacial score (nSPS) is 15.0. The Morgan fingerprint density at radius 2 is 1.79 bits per heavy atom. The van der Waals surface area contributed by atoms with Crippen LogP contribution in [0.3, 0.4) is 0 Å². The van der Waals surface area contributed by atoms with Gasteiger partial charge in [-0.15, -0.1) is 0 Å². The van der Waals surface area contributed by atoms with Gasteiger partial charge in [0.1, 0.15) is 0 Å². The van der Waals surface area contributed by atoms with Gasteiger partial charge in [0.25, 0.3) is 5.89 Å². The maximum atomic E-state index is 12.6. The molecule has 0 radical (unpaired) electrons. The van der Waals surface area contributed by atoms with Gasteiger partial charge in [0.2, 0.25) is 5.91 Å². The topological polar surface area (TPSA) is 59.2 Å². The van der Waals surface area contributed by atoms with E-state index in [1.165, 1.54) is 5.56 Å². The van der Waals surface area contributed by atoms with Crippen LogP contribution in [0.4, 0.5) is 0 Å². The predicted octanol–water partition coefficient (Wildman–Crippen LogP) is 4.76. The summed E-state index contributed by atoms with van der Waals surface area (Å²) in [6, 6.07) is 16.0. The first-order valence-electron chi connectivity index (χ1n) is 9.51. The zero-order valence-corrected chi connectivity index (χ0v) is 17.4. The Bertz CT molecular complexity index is 943. The van der Waals surface area contributed by atoms with Crippen molar-refractivity contribution in [1.82, 2.24) is 15.0 Å². The van der Waals surface area contributed by atoms with Gasteiger partial charge in [-0.05, 0) is 49.6 Å². The summed E-state index contributed by atoms with van der Waals surface area (Å²) in [5.41, 5.74) is 3.17. The molecule has 1 fully saturated rings. The number of amides is 1. The minimum Gasteiger partial charge on any atom is -0.342 e. The Morgan fingerprint density at radius 1 is 1.11 bits per heavy atom. The number of carbonyl (C=O) groups excluding carboxylic acids is 1.